The van der Waals surface area contributed by atoms with E-state index in [4.69, 9.17) is 4.42 Å². The minimum absolute atomic E-state index is 0.0134. The first-order valence-electron chi connectivity index (χ1n) is 9.72. The fourth-order valence-corrected chi connectivity index (χ4v) is 4.21. The molecule has 1 aliphatic carbocycles. The molecule has 3 N–H and O–H groups in total. The van der Waals surface area contributed by atoms with Gasteiger partial charge in [0, 0.05) is 12.1 Å². The van der Waals surface area contributed by atoms with Crippen LogP contribution in [0.25, 0.3) is 11.1 Å². The summed E-state index contributed by atoms with van der Waals surface area (Å²) in [4.78, 5) is 14.0. The standard InChI is InChI=1S/C22H26N2O3/c1-14(21(25)16-5-3-2-4-6-16)23-18-10-7-15(8-11-18)17-9-12-19-20(13-17)27-22(26)24-19/h2-6,9,12-15,18,21,23,25H,7-8,10-11H2,1H3,(H,24,26)/t14-,15?,18?,21-/m1/s1. The maximum Gasteiger partial charge on any atom is 0.417 e. The highest BCUT2D eigenvalue weighted by atomic mass is 16.4. The van der Waals surface area contributed by atoms with Crippen LogP contribution in [0.1, 0.15) is 55.8 Å². The van der Waals surface area contributed by atoms with Crippen LogP contribution in [-0.2, 0) is 0 Å². The average Bonchev–Trinajstić information content (AvgIpc) is 3.07. The Labute approximate surface area is 158 Å². The summed E-state index contributed by atoms with van der Waals surface area (Å²) in [6.45, 7) is 2.05. The zero-order valence-electron chi connectivity index (χ0n) is 15.5. The summed E-state index contributed by atoms with van der Waals surface area (Å²) in [5, 5.41) is 14.2. The number of benzene rings is 2. The van der Waals surface area contributed by atoms with Crippen molar-refractivity contribution < 1.29 is 9.52 Å². The number of rotatable bonds is 5. The number of aliphatic hydroxyl groups is 1. The molecular weight excluding hydrogens is 340 g/mol. The predicted octanol–water partition coefficient (Wildman–Crippen LogP) is 3.86. The Bertz CT molecular complexity index is 939. The summed E-state index contributed by atoms with van der Waals surface area (Å²) in [7, 11) is 0. The smallest absolute Gasteiger partial charge is 0.408 e. The minimum Gasteiger partial charge on any atom is -0.408 e. The van der Waals surface area contributed by atoms with Crippen molar-refractivity contribution in [1.82, 2.24) is 10.3 Å². The molecule has 0 unspecified atom stereocenters. The lowest BCUT2D eigenvalue weighted by molar-refractivity contribution is 0.124. The maximum absolute atomic E-state index is 11.3. The Morgan fingerprint density at radius 3 is 2.59 bits per heavy atom. The number of aromatic amines is 1. The minimum atomic E-state index is -0.497. The van der Waals surface area contributed by atoms with Gasteiger partial charge >= 0.3 is 5.76 Å². The number of hydrogen-bond donors (Lipinski definition) is 3. The lowest BCUT2D eigenvalue weighted by atomic mass is 9.81. The van der Waals surface area contributed by atoms with Crippen molar-refractivity contribution in [3.8, 4) is 0 Å². The van der Waals surface area contributed by atoms with E-state index in [1.165, 1.54) is 5.56 Å². The van der Waals surface area contributed by atoms with Gasteiger partial charge in [-0.2, -0.15) is 0 Å². The molecule has 1 aliphatic rings. The zero-order valence-corrected chi connectivity index (χ0v) is 15.5. The first-order chi connectivity index (χ1) is 13.1. The number of nitrogens with one attached hydrogen (secondary N) is 2. The molecule has 142 valence electrons. The van der Waals surface area contributed by atoms with Crippen LogP contribution in [0.5, 0.6) is 0 Å². The molecule has 0 spiro atoms. The first-order valence-corrected chi connectivity index (χ1v) is 9.72. The van der Waals surface area contributed by atoms with Gasteiger partial charge in [-0.15, -0.1) is 0 Å². The van der Waals surface area contributed by atoms with Crippen molar-refractivity contribution in [2.75, 3.05) is 0 Å². The Morgan fingerprint density at radius 1 is 1.11 bits per heavy atom. The van der Waals surface area contributed by atoms with Gasteiger partial charge < -0.3 is 14.8 Å². The molecule has 1 aromatic heterocycles. The van der Waals surface area contributed by atoms with Crippen molar-refractivity contribution >= 4 is 11.1 Å². The van der Waals surface area contributed by atoms with E-state index in [0.717, 1.165) is 36.8 Å². The van der Waals surface area contributed by atoms with Crippen LogP contribution in [0.4, 0.5) is 0 Å². The summed E-state index contributed by atoms with van der Waals surface area (Å²) in [5.74, 6) is 0.0861. The van der Waals surface area contributed by atoms with Gasteiger partial charge in [0.15, 0.2) is 5.58 Å². The van der Waals surface area contributed by atoms with Crippen LogP contribution >= 0.6 is 0 Å². The van der Waals surface area contributed by atoms with Gasteiger partial charge in [0.25, 0.3) is 0 Å². The highest BCUT2D eigenvalue weighted by Crippen LogP contribution is 2.34. The predicted molar refractivity (Wildman–Crippen MR) is 106 cm³/mol. The van der Waals surface area contributed by atoms with Gasteiger partial charge in [0.05, 0.1) is 11.6 Å². The number of H-pyrrole nitrogens is 1. The number of fused-ring (bicyclic) bond motifs is 1. The van der Waals surface area contributed by atoms with Crippen LogP contribution in [0.15, 0.2) is 57.7 Å². The third kappa shape index (κ3) is 3.99. The topological polar surface area (TPSA) is 78.3 Å². The van der Waals surface area contributed by atoms with Crippen molar-refractivity contribution in [1.29, 1.82) is 0 Å². The second kappa shape index (κ2) is 7.71. The molecular formula is C22H26N2O3. The van der Waals surface area contributed by atoms with E-state index < -0.39 is 11.9 Å². The molecule has 1 heterocycles. The van der Waals surface area contributed by atoms with Crippen LogP contribution < -0.4 is 11.1 Å². The van der Waals surface area contributed by atoms with Crippen LogP contribution in [0, 0.1) is 0 Å². The highest BCUT2D eigenvalue weighted by molar-refractivity contribution is 5.72. The quantitative estimate of drug-likeness (QED) is 0.641. The molecule has 0 saturated heterocycles. The molecule has 2 atom stereocenters. The molecule has 0 bridgehead atoms. The van der Waals surface area contributed by atoms with E-state index in [-0.39, 0.29) is 6.04 Å². The molecule has 5 nitrogen and oxygen atoms in total. The van der Waals surface area contributed by atoms with Gasteiger partial charge in [-0.3, -0.25) is 4.98 Å². The first kappa shape index (κ1) is 18.0. The van der Waals surface area contributed by atoms with Crippen LogP contribution in [-0.4, -0.2) is 22.2 Å². The van der Waals surface area contributed by atoms with Gasteiger partial charge in [-0.1, -0.05) is 36.4 Å². The Hall–Kier alpha value is -2.37. The van der Waals surface area contributed by atoms with Crippen molar-refractivity contribution in [2.45, 2.75) is 56.7 Å². The summed E-state index contributed by atoms with van der Waals surface area (Å²) < 4.78 is 5.19. The average molecular weight is 366 g/mol. The molecule has 2 aromatic carbocycles. The van der Waals surface area contributed by atoms with Gasteiger partial charge in [0.2, 0.25) is 0 Å². The fraction of sp³-hybridized carbons (Fsp3) is 0.409. The molecule has 4 rings (SSSR count). The number of hydrogen-bond acceptors (Lipinski definition) is 4. The molecule has 1 saturated carbocycles. The lowest BCUT2D eigenvalue weighted by Gasteiger charge is -2.33. The molecule has 0 aliphatic heterocycles. The monoisotopic (exact) mass is 366 g/mol. The lowest BCUT2D eigenvalue weighted by Crippen LogP contribution is -2.41. The van der Waals surface area contributed by atoms with E-state index in [0.29, 0.717) is 17.5 Å². The molecule has 5 heteroatoms. The van der Waals surface area contributed by atoms with Gasteiger partial charge in [-0.05, 0) is 61.8 Å². The van der Waals surface area contributed by atoms with Crippen molar-refractivity contribution in [2.24, 2.45) is 0 Å². The van der Waals surface area contributed by atoms with E-state index in [9.17, 15) is 9.90 Å². The summed E-state index contributed by atoms with van der Waals surface area (Å²) in [6.07, 6.45) is 3.83. The Balaban J connectivity index is 1.34. The maximum atomic E-state index is 11.3. The largest absolute Gasteiger partial charge is 0.417 e. The fourth-order valence-electron chi connectivity index (χ4n) is 4.21. The van der Waals surface area contributed by atoms with Gasteiger partial charge in [-0.25, -0.2) is 4.79 Å². The SMILES string of the molecule is C[C@@H](NC1CCC(c2ccc3[nH]c(=O)oc3c2)CC1)[C@@H](O)c1ccccc1. The van der Waals surface area contributed by atoms with E-state index in [1.54, 1.807) is 0 Å². The number of aliphatic hydroxyl groups excluding tert-OH is 1. The highest BCUT2D eigenvalue weighted by Gasteiger charge is 2.26. The molecule has 0 amide bonds. The second-order valence-corrected chi connectivity index (χ2v) is 7.63. The number of aromatic nitrogens is 1. The normalized spacial score (nSPS) is 22.6. The van der Waals surface area contributed by atoms with E-state index >= 15 is 0 Å². The molecule has 27 heavy (non-hydrogen) atoms. The molecule has 0 radical (unpaired) electrons. The second-order valence-electron chi connectivity index (χ2n) is 7.63. The number of oxazole rings is 1. The van der Waals surface area contributed by atoms with Crippen molar-refractivity contribution in [3.63, 3.8) is 0 Å². The summed E-state index contributed by atoms with van der Waals surface area (Å²) >= 11 is 0. The molecule has 1 fully saturated rings. The summed E-state index contributed by atoms with van der Waals surface area (Å²) in [6, 6.07) is 16.3. The summed E-state index contributed by atoms with van der Waals surface area (Å²) in [5.41, 5.74) is 3.58. The Morgan fingerprint density at radius 2 is 1.85 bits per heavy atom. The van der Waals surface area contributed by atoms with E-state index in [2.05, 4.69) is 16.4 Å². The zero-order chi connectivity index (χ0) is 18.8. The van der Waals surface area contributed by atoms with Crippen LogP contribution in [0.3, 0.4) is 0 Å². The third-order valence-corrected chi connectivity index (χ3v) is 5.76. The van der Waals surface area contributed by atoms with E-state index in [1.807, 2.05) is 49.4 Å². The van der Waals surface area contributed by atoms with Crippen LogP contribution in [0.2, 0.25) is 0 Å². The molecule has 3 aromatic rings. The van der Waals surface area contributed by atoms with Crippen molar-refractivity contribution in [3.05, 3.63) is 70.2 Å². The Kier molecular flexibility index (Phi) is 5.14. The van der Waals surface area contributed by atoms with Gasteiger partial charge in [0.1, 0.15) is 0 Å². The third-order valence-electron chi connectivity index (χ3n) is 5.76.